The van der Waals surface area contributed by atoms with Crippen LogP contribution < -0.4 is 5.32 Å². The Morgan fingerprint density at radius 2 is 1.82 bits per heavy atom. The highest BCUT2D eigenvalue weighted by molar-refractivity contribution is 5.94. The van der Waals surface area contributed by atoms with Crippen molar-refractivity contribution in [2.45, 2.75) is 6.54 Å². The van der Waals surface area contributed by atoms with E-state index in [4.69, 9.17) is 4.52 Å². The number of carbonyl (C=O) groups excluding carboxylic acids is 1. The van der Waals surface area contributed by atoms with Crippen molar-refractivity contribution in [3.8, 4) is 11.3 Å². The van der Waals surface area contributed by atoms with Crippen molar-refractivity contribution in [1.29, 1.82) is 0 Å². The summed E-state index contributed by atoms with van der Waals surface area (Å²) in [5.74, 6) is -0.540. The van der Waals surface area contributed by atoms with Gasteiger partial charge < -0.3 is 9.84 Å². The van der Waals surface area contributed by atoms with E-state index in [9.17, 15) is 9.18 Å². The van der Waals surface area contributed by atoms with Crippen LogP contribution in [-0.4, -0.2) is 11.1 Å². The van der Waals surface area contributed by atoms with Crippen LogP contribution in [0.5, 0.6) is 0 Å². The third-order valence-corrected chi connectivity index (χ3v) is 3.17. The lowest BCUT2D eigenvalue weighted by atomic mass is 10.1. The highest BCUT2D eigenvalue weighted by Crippen LogP contribution is 2.18. The molecule has 5 heteroatoms. The van der Waals surface area contributed by atoms with Crippen LogP contribution >= 0.6 is 0 Å². The molecule has 0 saturated heterocycles. The minimum Gasteiger partial charge on any atom is -0.359 e. The van der Waals surface area contributed by atoms with E-state index in [0.29, 0.717) is 11.5 Å². The van der Waals surface area contributed by atoms with Crippen molar-refractivity contribution in [3.63, 3.8) is 0 Å². The number of halogens is 1. The molecule has 0 bridgehead atoms. The molecule has 3 rings (SSSR count). The summed E-state index contributed by atoms with van der Waals surface area (Å²) in [6.07, 6.45) is 0. The number of benzene rings is 2. The summed E-state index contributed by atoms with van der Waals surface area (Å²) in [4.78, 5) is 11.9. The number of rotatable bonds is 4. The second kappa shape index (κ2) is 6.22. The molecular formula is C17H13FN2O2. The topological polar surface area (TPSA) is 55.1 Å². The van der Waals surface area contributed by atoms with Crippen molar-refractivity contribution >= 4 is 5.91 Å². The number of nitrogens with zero attached hydrogens (tertiary/aromatic N) is 1. The molecule has 2 aromatic carbocycles. The monoisotopic (exact) mass is 296 g/mol. The van der Waals surface area contributed by atoms with Crippen LogP contribution in [0, 0.1) is 5.82 Å². The fourth-order valence-corrected chi connectivity index (χ4v) is 2.05. The molecule has 1 heterocycles. The van der Waals surface area contributed by atoms with Gasteiger partial charge in [0.15, 0.2) is 5.76 Å². The Bertz CT molecular complexity index is 784. The summed E-state index contributed by atoms with van der Waals surface area (Å²) in [7, 11) is 0. The summed E-state index contributed by atoms with van der Waals surface area (Å²) in [5.41, 5.74) is 1.62. The molecule has 0 aliphatic carbocycles. The van der Waals surface area contributed by atoms with Crippen molar-refractivity contribution in [2.24, 2.45) is 0 Å². The molecular weight excluding hydrogens is 283 g/mol. The number of nitrogens with one attached hydrogen (secondary N) is 1. The van der Waals surface area contributed by atoms with Gasteiger partial charge >= 0.3 is 0 Å². The van der Waals surface area contributed by atoms with Gasteiger partial charge in [-0.2, -0.15) is 0 Å². The quantitative estimate of drug-likeness (QED) is 0.802. The first-order valence-corrected chi connectivity index (χ1v) is 6.78. The SMILES string of the molecule is O=C(NCc1cc(-c2ccccc2)no1)c1ccccc1F. The van der Waals surface area contributed by atoms with Gasteiger partial charge in [-0.25, -0.2) is 4.39 Å². The maximum Gasteiger partial charge on any atom is 0.254 e. The van der Waals surface area contributed by atoms with Crippen molar-refractivity contribution < 1.29 is 13.7 Å². The molecule has 0 saturated carbocycles. The summed E-state index contributed by atoms with van der Waals surface area (Å²) in [6.45, 7) is 0.146. The van der Waals surface area contributed by atoms with Gasteiger partial charge in [-0.3, -0.25) is 4.79 Å². The van der Waals surface area contributed by atoms with E-state index in [0.717, 1.165) is 5.56 Å². The summed E-state index contributed by atoms with van der Waals surface area (Å²) in [5, 5.41) is 6.56. The molecule has 1 N–H and O–H groups in total. The van der Waals surface area contributed by atoms with E-state index in [-0.39, 0.29) is 12.1 Å². The van der Waals surface area contributed by atoms with Crippen molar-refractivity contribution in [3.05, 3.63) is 77.8 Å². The Morgan fingerprint density at radius 3 is 2.59 bits per heavy atom. The molecule has 4 nitrogen and oxygen atoms in total. The van der Waals surface area contributed by atoms with E-state index in [2.05, 4.69) is 10.5 Å². The Hall–Kier alpha value is -2.95. The highest BCUT2D eigenvalue weighted by Gasteiger charge is 2.12. The van der Waals surface area contributed by atoms with Crippen LogP contribution in [0.15, 0.2) is 65.2 Å². The lowest BCUT2D eigenvalue weighted by Gasteiger charge is -2.03. The minimum absolute atomic E-state index is 0.00491. The van der Waals surface area contributed by atoms with Crippen LogP contribution in [0.1, 0.15) is 16.1 Å². The van der Waals surface area contributed by atoms with Gasteiger partial charge in [0.25, 0.3) is 5.91 Å². The van der Waals surface area contributed by atoms with E-state index in [1.54, 1.807) is 12.1 Å². The van der Waals surface area contributed by atoms with Crippen LogP contribution in [0.25, 0.3) is 11.3 Å². The van der Waals surface area contributed by atoms with Crippen LogP contribution in [0.4, 0.5) is 4.39 Å². The lowest BCUT2D eigenvalue weighted by Crippen LogP contribution is -2.23. The second-order valence-corrected chi connectivity index (χ2v) is 4.71. The molecule has 0 aliphatic rings. The number of amides is 1. The predicted octanol–water partition coefficient (Wildman–Crippen LogP) is 3.41. The minimum atomic E-state index is -0.553. The van der Waals surface area contributed by atoms with Gasteiger partial charge in [-0.05, 0) is 12.1 Å². The van der Waals surface area contributed by atoms with Crippen molar-refractivity contribution in [1.82, 2.24) is 10.5 Å². The third kappa shape index (κ3) is 3.03. The normalized spacial score (nSPS) is 10.4. The molecule has 1 aromatic heterocycles. The predicted molar refractivity (Wildman–Crippen MR) is 79.5 cm³/mol. The molecule has 0 atom stereocenters. The Labute approximate surface area is 126 Å². The Morgan fingerprint density at radius 1 is 1.09 bits per heavy atom. The van der Waals surface area contributed by atoms with E-state index >= 15 is 0 Å². The fourth-order valence-electron chi connectivity index (χ4n) is 2.05. The van der Waals surface area contributed by atoms with Gasteiger partial charge in [-0.15, -0.1) is 0 Å². The number of hydrogen-bond donors (Lipinski definition) is 1. The molecule has 22 heavy (non-hydrogen) atoms. The largest absolute Gasteiger partial charge is 0.359 e. The van der Waals surface area contributed by atoms with E-state index in [1.807, 2.05) is 30.3 Å². The molecule has 110 valence electrons. The highest BCUT2D eigenvalue weighted by atomic mass is 19.1. The summed E-state index contributed by atoms with van der Waals surface area (Å²) < 4.78 is 18.7. The molecule has 0 fully saturated rings. The Kier molecular flexibility index (Phi) is 3.96. The Balaban J connectivity index is 1.67. The molecule has 0 spiro atoms. The standard InChI is InChI=1S/C17H13FN2O2/c18-15-9-5-4-8-14(15)17(21)19-11-13-10-16(20-22-13)12-6-2-1-3-7-12/h1-10H,11H2,(H,19,21). The first-order valence-electron chi connectivity index (χ1n) is 6.78. The second-order valence-electron chi connectivity index (χ2n) is 4.71. The van der Waals surface area contributed by atoms with Gasteiger partial charge in [0.05, 0.1) is 12.1 Å². The summed E-state index contributed by atoms with van der Waals surface area (Å²) >= 11 is 0. The zero-order valence-electron chi connectivity index (χ0n) is 11.6. The lowest BCUT2D eigenvalue weighted by molar-refractivity contribution is 0.0943. The van der Waals surface area contributed by atoms with Gasteiger partial charge in [0, 0.05) is 11.6 Å². The van der Waals surface area contributed by atoms with E-state index < -0.39 is 11.7 Å². The van der Waals surface area contributed by atoms with Crippen LogP contribution in [0.3, 0.4) is 0 Å². The van der Waals surface area contributed by atoms with Gasteiger partial charge in [0.2, 0.25) is 0 Å². The molecule has 3 aromatic rings. The number of aromatic nitrogens is 1. The van der Waals surface area contributed by atoms with Gasteiger partial charge in [0.1, 0.15) is 11.5 Å². The molecule has 1 amide bonds. The number of hydrogen-bond acceptors (Lipinski definition) is 3. The average molecular weight is 296 g/mol. The van der Waals surface area contributed by atoms with Crippen LogP contribution in [-0.2, 0) is 6.54 Å². The van der Waals surface area contributed by atoms with Gasteiger partial charge in [-0.1, -0.05) is 47.6 Å². The molecule has 0 aliphatic heterocycles. The number of carbonyl (C=O) groups is 1. The third-order valence-electron chi connectivity index (χ3n) is 3.17. The van der Waals surface area contributed by atoms with Crippen LogP contribution in [0.2, 0.25) is 0 Å². The first-order chi connectivity index (χ1) is 10.7. The fraction of sp³-hybridized carbons (Fsp3) is 0.0588. The first kappa shape index (κ1) is 14.0. The molecule has 0 unspecified atom stereocenters. The zero-order chi connectivity index (χ0) is 15.4. The maximum absolute atomic E-state index is 13.5. The van der Waals surface area contributed by atoms with Crippen molar-refractivity contribution in [2.75, 3.05) is 0 Å². The maximum atomic E-state index is 13.5. The average Bonchev–Trinajstić information content (AvgIpc) is 3.03. The van der Waals surface area contributed by atoms with E-state index in [1.165, 1.54) is 18.2 Å². The molecule has 0 radical (unpaired) electrons. The summed E-state index contributed by atoms with van der Waals surface area (Å²) in [6, 6.07) is 17.1. The smallest absolute Gasteiger partial charge is 0.254 e. The zero-order valence-corrected chi connectivity index (χ0v) is 11.6.